The zero-order valence-electron chi connectivity index (χ0n) is 13.4. The summed E-state index contributed by atoms with van der Waals surface area (Å²) >= 11 is 0. The summed E-state index contributed by atoms with van der Waals surface area (Å²) in [4.78, 5) is 2.52. The van der Waals surface area contributed by atoms with Gasteiger partial charge in [0.1, 0.15) is 0 Å². The van der Waals surface area contributed by atoms with Crippen LogP contribution in [0.1, 0.15) is 44.2 Å². The smallest absolute Gasteiger partial charge is 0.0343 e. The first-order chi connectivity index (χ1) is 9.69. The number of aryl methyl sites for hydroxylation is 1. The van der Waals surface area contributed by atoms with Gasteiger partial charge in [-0.3, -0.25) is 0 Å². The fourth-order valence-electron chi connectivity index (χ4n) is 2.45. The van der Waals surface area contributed by atoms with Crippen LogP contribution < -0.4 is 5.32 Å². The molecule has 2 nitrogen and oxygen atoms in total. The monoisotopic (exact) mass is 274 g/mol. The Morgan fingerprint density at radius 3 is 2.55 bits per heavy atom. The number of rotatable bonds is 10. The lowest BCUT2D eigenvalue weighted by Crippen LogP contribution is -2.26. The largest absolute Gasteiger partial charge is 0.385 e. The van der Waals surface area contributed by atoms with Crippen molar-refractivity contribution in [2.24, 2.45) is 0 Å². The van der Waals surface area contributed by atoms with Crippen LogP contribution in [0.15, 0.2) is 30.8 Å². The number of hydrogen-bond donors (Lipinski definition) is 1. The van der Waals surface area contributed by atoms with E-state index in [9.17, 15) is 0 Å². The first kappa shape index (κ1) is 16.8. The van der Waals surface area contributed by atoms with E-state index in [0.717, 1.165) is 18.8 Å². The minimum Gasteiger partial charge on any atom is -0.385 e. The van der Waals surface area contributed by atoms with Crippen LogP contribution in [0.25, 0.3) is 5.70 Å². The highest BCUT2D eigenvalue weighted by atomic mass is 15.1. The molecule has 0 spiro atoms. The number of nitrogens with one attached hydrogen (secondary N) is 1. The molecule has 0 aromatic heterocycles. The molecule has 0 bridgehead atoms. The second kappa shape index (κ2) is 9.60. The Hall–Kier alpha value is -1.28. The van der Waals surface area contributed by atoms with Crippen molar-refractivity contribution in [3.05, 3.63) is 42.0 Å². The van der Waals surface area contributed by atoms with Crippen molar-refractivity contribution in [3.63, 3.8) is 0 Å². The summed E-state index contributed by atoms with van der Waals surface area (Å²) in [6.07, 6.45) is 3.70. The molecule has 0 atom stereocenters. The molecule has 1 rings (SSSR count). The Kier molecular flexibility index (Phi) is 8.05. The summed E-state index contributed by atoms with van der Waals surface area (Å²) < 4.78 is 0. The molecule has 0 radical (unpaired) electrons. The molecule has 2 heteroatoms. The van der Waals surface area contributed by atoms with Crippen molar-refractivity contribution in [2.75, 3.05) is 26.2 Å². The quantitative estimate of drug-likeness (QED) is 0.647. The van der Waals surface area contributed by atoms with Crippen LogP contribution in [-0.4, -0.2) is 31.1 Å². The van der Waals surface area contributed by atoms with Gasteiger partial charge in [-0.1, -0.05) is 44.7 Å². The van der Waals surface area contributed by atoms with E-state index in [1.165, 1.54) is 43.5 Å². The minimum atomic E-state index is 1.01. The maximum absolute atomic E-state index is 4.14. The van der Waals surface area contributed by atoms with Gasteiger partial charge in [0, 0.05) is 12.2 Å². The summed E-state index contributed by atoms with van der Waals surface area (Å²) in [7, 11) is 0. The fraction of sp³-hybridized carbons (Fsp3) is 0.556. The van der Waals surface area contributed by atoms with E-state index in [0.29, 0.717) is 0 Å². The van der Waals surface area contributed by atoms with Gasteiger partial charge in [-0.25, -0.2) is 0 Å². The van der Waals surface area contributed by atoms with Crippen molar-refractivity contribution < 1.29 is 0 Å². The molecule has 112 valence electrons. The van der Waals surface area contributed by atoms with Crippen molar-refractivity contribution >= 4 is 5.70 Å². The molecule has 0 aliphatic heterocycles. The minimum absolute atomic E-state index is 1.01. The molecule has 1 aromatic rings. The van der Waals surface area contributed by atoms with Gasteiger partial charge >= 0.3 is 0 Å². The van der Waals surface area contributed by atoms with Gasteiger partial charge in [0.05, 0.1) is 0 Å². The molecule has 1 aromatic carbocycles. The molecular weight excluding hydrogens is 244 g/mol. The molecule has 0 unspecified atom stereocenters. The number of benzene rings is 1. The van der Waals surface area contributed by atoms with E-state index < -0.39 is 0 Å². The van der Waals surface area contributed by atoms with Gasteiger partial charge in [-0.05, 0) is 56.9 Å². The van der Waals surface area contributed by atoms with Crippen molar-refractivity contribution in [1.82, 2.24) is 10.2 Å². The Labute approximate surface area is 124 Å². The third-order valence-electron chi connectivity index (χ3n) is 3.70. The number of nitrogens with zero attached hydrogens (tertiary/aromatic N) is 1. The summed E-state index contributed by atoms with van der Waals surface area (Å²) in [5, 5.41) is 3.45. The fourth-order valence-corrected chi connectivity index (χ4v) is 2.45. The molecule has 0 saturated heterocycles. The van der Waals surface area contributed by atoms with Gasteiger partial charge in [0.15, 0.2) is 0 Å². The van der Waals surface area contributed by atoms with Gasteiger partial charge in [0.2, 0.25) is 0 Å². The molecule has 20 heavy (non-hydrogen) atoms. The van der Waals surface area contributed by atoms with Gasteiger partial charge in [-0.2, -0.15) is 0 Å². The van der Waals surface area contributed by atoms with Gasteiger partial charge < -0.3 is 10.2 Å². The van der Waals surface area contributed by atoms with Crippen molar-refractivity contribution in [3.8, 4) is 0 Å². The second-order valence-electron chi connectivity index (χ2n) is 5.36. The lowest BCUT2D eigenvalue weighted by atomic mass is 10.1. The summed E-state index contributed by atoms with van der Waals surface area (Å²) in [5.74, 6) is 0. The maximum atomic E-state index is 4.14. The average molecular weight is 274 g/mol. The number of unbranched alkanes of at least 4 members (excludes halogenated alkanes) is 1. The van der Waals surface area contributed by atoms with E-state index in [-0.39, 0.29) is 0 Å². The van der Waals surface area contributed by atoms with Crippen LogP contribution in [-0.2, 0) is 0 Å². The van der Waals surface area contributed by atoms with Crippen LogP contribution in [0.3, 0.4) is 0 Å². The van der Waals surface area contributed by atoms with E-state index in [4.69, 9.17) is 0 Å². The Balaban J connectivity index is 2.21. The third-order valence-corrected chi connectivity index (χ3v) is 3.70. The molecule has 0 amide bonds. The maximum Gasteiger partial charge on any atom is 0.0343 e. The zero-order valence-corrected chi connectivity index (χ0v) is 13.4. The molecule has 0 fully saturated rings. The Morgan fingerprint density at radius 2 is 1.90 bits per heavy atom. The van der Waals surface area contributed by atoms with Gasteiger partial charge in [0.25, 0.3) is 0 Å². The molecule has 0 aliphatic rings. The molecule has 0 aliphatic carbocycles. The lowest BCUT2D eigenvalue weighted by Gasteiger charge is -2.19. The zero-order chi connectivity index (χ0) is 14.8. The topological polar surface area (TPSA) is 15.3 Å². The van der Waals surface area contributed by atoms with Gasteiger partial charge in [-0.15, -0.1) is 0 Å². The Morgan fingerprint density at radius 1 is 1.15 bits per heavy atom. The summed E-state index contributed by atoms with van der Waals surface area (Å²) in [6.45, 7) is 15.4. The van der Waals surface area contributed by atoms with Crippen molar-refractivity contribution in [1.29, 1.82) is 0 Å². The van der Waals surface area contributed by atoms with E-state index in [1.807, 2.05) is 0 Å². The lowest BCUT2D eigenvalue weighted by molar-refractivity contribution is 0.282. The average Bonchev–Trinajstić information content (AvgIpc) is 2.46. The predicted octanol–water partition coefficient (Wildman–Crippen LogP) is 4.07. The van der Waals surface area contributed by atoms with Crippen LogP contribution in [0, 0.1) is 6.92 Å². The summed E-state index contributed by atoms with van der Waals surface area (Å²) in [5.41, 5.74) is 3.56. The van der Waals surface area contributed by atoms with Crippen LogP contribution in [0.2, 0.25) is 0 Å². The van der Waals surface area contributed by atoms with Crippen LogP contribution >= 0.6 is 0 Å². The van der Waals surface area contributed by atoms with Crippen LogP contribution in [0.4, 0.5) is 0 Å². The standard InChI is InChI=1S/C18H30N2/c1-5-14-20(6-2)15-10-9-13-19-17(4)18-12-8-7-11-16(18)3/h7-8,11-12,19H,4-6,9-10,13-15H2,1-3H3. The van der Waals surface area contributed by atoms with Crippen molar-refractivity contribution in [2.45, 2.75) is 40.0 Å². The Bertz CT molecular complexity index is 398. The molecule has 1 N–H and O–H groups in total. The highest BCUT2D eigenvalue weighted by Crippen LogP contribution is 2.14. The second-order valence-corrected chi connectivity index (χ2v) is 5.36. The molecule has 0 heterocycles. The third kappa shape index (κ3) is 5.79. The van der Waals surface area contributed by atoms with E-state index >= 15 is 0 Å². The summed E-state index contributed by atoms with van der Waals surface area (Å²) in [6, 6.07) is 8.40. The number of hydrogen-bond acceptors (Lipinski definition) is 2. The molecular formula is C18H30N2. The first-order valence-electron chi connectivity index (χ1n) is 7.90. The van der Waals surface area contributed by atoms with Crippen LogP contribution in [0.5, 0.6) is 0 Å². The normalized spacial score (nSPS) is 10.8. The highest BCUT2D eigenvalue weighted by Gasteiger charge is 2.02. The first-order valence-corrected chi connectivity index (χ1v) is 7.90. The predicted molar refractivity (Wildman–Crippen MR) is 89.9 cm³/mol. The van der Waals surface area contributed by atoms with E-state index in [1.54, 1.807) is 0 Å². The SMILES string of the molecule is C=C(NCCCCN(CC)CCC)c1ccccc1C. The highest BCUT2D eigenvalue weighted by molar-refractivity contribution is 5.64. The van der Waals surface area contributed by atoms with E-state index in [2.05, 4.69) is 61.8 Å². The molecule has 0 saturated carbocycles.